The first-order valence-corrected chi connectivity index (χ1v) is 11.2. The summed E-state index contributed by atoms with van der Waals surface area (Å²) in [5.74, 6) is 0.523. The van der Waals surface area contributed by atoms with E-state index in [-0.39, 0.29) is 17.2 Å². The predicted molar refractivity (Wildman–Crippen MR) is 122 cm³/mol. The summed E-state index contributed by atoms with van der Waals surface area (Å²) in [6, 6.07) is 15.0. The molecule has 0 saturated heterocycles. The van der Waals surface area contributed by atoms with Crippen LogP contribution >= 0.6 is 11.8 Å². The molecule has 0 aliphatic rings. The normalized spacial score (nSPS) is 12.5. The first-order valence-electron chi connectivity index (χ1n) is 10.2. The first-order chi connectivity index (χ1) is 14.5. The molecule has 4 aromatic rings. The molecule has 4 rings (SSSR count). The molecule has 154 valence electrons. The van der Waals surface area contributed by atoms with Crippen LogP contribution in [0.2, 0.25) is 0 Å². The summed E-state index contributed by atoms with van der Waals surface area (Å²) in [5.41, 5.74) is 2.90. The summed E-state index contributed by atoms with van der Waals surface area (Å²) >= 11 is 1.48. The van der Waals surface area contributed by atoms with Crippen molar-refractivity contribution in [3.63, 3.8) is 0 Å². The zero-order chi connectivity index (χ0) is 21.3. The Morgan fingerprint density at radius 3 is 2.63 bits per heavy atom. The van der Waals surface area contributed by atoms with Crippen molar-refractivity contribution < 1.29 is 4.42 Å². The number of hydrogen-bond donors (Lipinski definition) is 0. The van der Waals surface area contributed by atoms with Crippen molar-refractivity contribution in [2.24, 2.45) is 0 Å². The molecule has 2 heterocycles. The van der Waals surface area contributed by atoms with Crippen LogP contribution in [0, 0.1) is 0 Å². The molecule has 0 radical (unpaired) electrons. The van der Waals surface area contributed by atoms with E-state index in [1.54, 1.807) is 4.57 Å². The van der Waals surface area contributed by atoms with Gasteiger partial charge in [0.2, 0.25) is 0 Å². The Morgan fingerprint density at radius 1 is 1.07 bits per heavy atom. The second-order valence-electron chi connectivity index (χ2n) is 7.41. The zero-order valence-electron chi connectivity index (χ0n) is 17.3. The van der Waals surface area contributed by atoms with Crippen LogP contribution in [0.1, 0.15) is 44.4 Å². The topological polar surface area (TPSA) is 65.1 Å². The van der Waals surface area contributed by atoms with E-state index >= 15 is 0 Å². The highest BCUT2D eigenvalue weighted by Crippen LogP contribution is 2.28. The lowest BCUT2D eigenvalue weighted by Crippen LogP contribution is -2.26. The molecule has 1 atom stereocenters. The highest BCUT2D eigenvalue weighted by Gasteiger charge is 2.16. The number of nitrogens with zero attached hydrogens (tertiary/aromatic N) is 2. The monoisotopic (exact) mass is 420 g/mol. The number of aryl methyl sites for hydroxylation is 1. The van der Waals surface area contributed by atoms with Crippen LogP contribution < -0.4 is 11.2 Å². The third-order valence-electron chi connectivity index (χ3n) is 5.47. The van der Waals surface area contributed by atoms with Gasteiger partial charge in [-0.2, -0.15) is 0 Å². The van der Waals surface area contributed by atoms with Crippen LogP contribution in [0.3, 0.4) is 0 Å². The Morgan fingerprint density at radius 2 is 1.87 bits per heavy atom. The molecular weight excluding hydrogens is 396 g/mol. The molecule has 6 heteroatoms. The van der Waals surface area contributed by atoms with Crippen molar-refractivity contribution >= 4 is 33.6 Å². The average molecular weight is 421 g/mol. The lowest BCUT2D eigenvalue weighted by atomic mass is 10.1. The second kappa shape index (κ2) is 8.48. The minimum absolute atomic E-state index is 0.0255. The van der Waals surface area contributed by atoms with Crippen molar-refractivity contribution in [2.75, 3.05) is 0 Å². The van der Waals surface area contributed by atoms with Gasteiger partial charge in [-0.25, -0.2) is 9.78 Å². The molecule has 0 aliphatic heterocycles. The summed E-state index contributed by atoms with van der Waals surface area (Å²) in [4.78, 5) is 30.0. The third-order valence-corrected chi connectivity index (χ3v) is 6.47. The van der Waals surface area contributed by atoms with Gasteiger partial charge in [-0.15, -0.1) is 0 Å². The molecular formula is C24H24N2O3S. The quantitative estimate of drug-likeness (QED) is 0.240. The number of fused-ring (bicyclic) bond motifs is 2. The van der Waals surface area contributed by atoms with Gasteiger partial charge in [0.15, 0.2) is 5.16 Å². The van der Waals surface area contributed by atoms with Gasteiger partial charge in [0, 0.05) is 23.2 Å². The fourth-order valence-corrected chi connectivity index (χ4v) is 4.64. The van der Waals surface area contributed by atoms with Crippen molar-refractivity contribution in [1.82, 2.24) is 9.55 Å². The summed E-state index contributed by atoms with van der Waals surface area (Å²) < 4.78 is 7.19. The minimum atomic E-state index is -0.364. The number of thioether (sulfide) groups is 1. The number of hydrogen-bond acceptors (Lipinski definition) is 5. The molecule has 30 heavy (non-hydrogen) atoms. The van der Waals surface area contributed by atoms with E-state index in [1.807, 2.05) is 43.3 Å². The Balaban J connectivity index is 1.79. The van der Waals surface area contributed by atoms with Crippen LogP contribution in [-0.2, 0) is 12.2 Å². The smallest absolute Gasteiger partial charge is 0.336 e. The molecule has 0 amide bonds. The maximum atomic E-state index is 13.1. The fraction of sp³-hybridized carbons (Fsp3) is 0.292. The summed E-state index contributed by atoms with van der Waals surface area (Å²) in [7, 11) is 0. The van der Waals surface area contributed by atoms with E-state index in [0.29, 0.717) is 27.4 Å². The van der Waals surface area contributed by atoms with Gasteiger partial charge in [-0.3, -0.25) is 9.36 Å². The van der Waals surface area contributed by atoms with Crippen molar-refractivity contribution in [3.8, 4) is 0 Å². The van der Waals surface area contributed by atoms with Crippen molar-refractivity contribution in [3.05, 3.63) is 80.4 Å². The van der Waals surface area contributed by atoms with Gasteiger partial charge >= 0.3 is 5.63 Å². The Kier molecular flexibility index (Phi) is 5.77. The Hall–Kier alpha value is -2.86. The molecule has 2 aromatic heterocycles. The van der Waals surface area contributed by atoms with Gasteiger partial charge < -0.3 is 4.42 Å². The first kappa shape index (κ1) is 20.4. The highest BCUT2D eigenvalue weighted by atomic mass is 32.2. The number of rotatable bonds is 6. The standard InChI is InChI=1S/C24H24N2O3S/c1-4-15(3)26-23(28)19-8-6-7-9-20(19)25-24(26)30-14-17-13-22(27)29-21-12-16(5-2)10-11-18(17)21/h6-13,15H,4-5,14H2,1-3H3/t15-/m1/s1. The van der Waals surface area contributed by atoms with Crippen LogP contribution in [0.4, 0.5) is 0 Å². The molecule has 2 aromatic carbocycles. The fourth-order valence-electron chi connectivity index (χ4n) is 3.55. The average Bonchev–Trinajstić information content (AvgIpc) is 2.76. The van der Waals surface area contributed by atoms with E-state index < -0.39 is 0 Å². The van der Waals surface area contributed by atoms with Crippen LogP contribution in [0.25, 0.3) is 21.9 Å². The third kappa shape index (κ3) is 3.79. The van der Waals surface area contributed by atoms with Crippen LogP contribution in [0.5, 0.6) is 0 Å². The number of benzene rings is 2. The van der Waals surface area contributed by atoms with E-state index in [0.717, 1.165) is 29.4 Å². The number of para-hydroxylation sites is 1. The molecule has 0 spiro atoms. The second-order valence-corrected chi connectivity index (χ2v) is 8.35. The molecule has 0 aliphatic carbocycles. The van der Waals surface area contributed by atoms with Gasteiger partial charge in [0.1, 0.15) is 5.58 Å². The number of aromatic nitrogens is 2. The summed E-state index contributed by atoms with van der Waals surface area (Å²) in [6.07, 6.45) is 1.70. The highest BCUT2D eigenvalue weighted by molar-refractivity contribution is 7.98. The van der Waals surface area contributed by atoms with Gasteiger partial charge in [0.25, 0.3) is 5.56 Å². The molecule has 0 bridgehead atoms. The van der Waals surface area contributed by atoms with Crippen LogP contribution in [-0.4, -0.2) is 9.55 Å². The SMILES string of the molecule is CCc1ccc2c(CSc3nc4ccccc4c(=O)n3[C@H](C)CC)cc(=O)oc2c1. The Labute approximate surface area is 178 Å². The molecule has 0 N–H and O–H groups in total. The Bertz CT molecular complexity index is 1340. The van der Waals surface area contributed by atoms with Gasteiger partial charge in [0.05, 0.1) is 10.9 Å². The maximum absolute atomic E-state index is 13.1. The zero-order valence-corrected chi connectivity index (χ0v) is 18.2. The van der Waals surface area contributed by atoms with Gasteiger partial charge in [-0.1, -0.05) is 49.9 Å². The van der Waals surface area contributed by atoms with E-state index in [1.165, 1.54) is 17.8 Å². The summed E-state index contributed by atoms with van der Waals surface area (Å²) in [5, 5.41) is 2.21. The van der Waals surface area contributed by atoms with Gasteiger partial charge in [-0.05, 0) is 49.1 Å². The van der Waals surface area contributed by atoms with E-state index in [4.69, 9.17) is 9.40 Å². The van der Waals surface area contributed by atoms with E-state index in [9.17, 15) is 9.59 Å². The minimum Gasteiger partial charge on any atom is -0.423 e. The van der Waals surface area contributed by atoms with E-state index in [2.05, 4.69) is 19.9 Å². The van der Waals surface area contributed by atoms with Crippen LogP contribution in [0.15, 0.2) is 67.7 Å². The molecule has 0 saturated carbocycles. The van der Waals surface area contributed by atoms with Crippen molar-refractivity contribution in [2.45, 2.75) is 50.6 Å². The van der Waals surface area contributed by atoms with Crippen molar-refractivity contribution in [1.29, 1.82) is 0 Å². The molecule has 0 fully saturated rings. The predicted octanol–water partition coefficient (Wildman–Crippen LogP) is 5.33. The molecule has 5 nitrogen and oxygen atoms in total. The largest absolute Gasteiger partial charge is 0.423 e. The lowest BCUT2D eigenvalue weighted by molar-refractivity contribution is 0.468. The molecule has 0 unspecified atom stereocenters. The summed E-state index contributed by atoms with van der Waals surface area (Å²) in [6.45, 7) is 6.15. The lowest BCUT2D eigenvalue weighted by Gasteiger charge is -2.18. The maximum Gasteiger partial charge on any atom is 0.336 e.